The fourth-order valence-electron chi connectivity index (χ4n) is 2.33. The number of carboxylic acids is 1. The summed E-state index contributed by atoms with van der Waals surface area (Å²) in [4.78, 5) is 23.1. The fourth-order valence-corrected chi connectivity index (χ4v) is 2.61. The van der Waals surface area contributed by atoms with E-state index in [1.807, 2.05) is 19.1 Å². The molecule has 0 radical (unpaired) electrons. The lowest BCUT2D eigenvalue weighted by Crippen LogP contribution is -2.13. The first-order valence-electron chi connectivity index (χ1n) is 8.06. The number of rotatable bonds is 7. The van der Waals surface area contributed by atoms with Gasteiger partial charge in [-0.3, -0.25) is 4.79 Å². The van der Waals surface area contributed by atoms with Gasteiger partial charge in [-0.15, -0.1) is 0 Å². The van der Waals surface area contributed by atoms with Crippen LogP contribution in [0.3, 0.4) is 0 Å². The van der Waals surface area contributed by atoms with Gasteiger partial charge in [-0.25, -0.2) is 4.79 Å². The molecule has 0 aliphatic carbocycles. The molecule has 0 spiro atoms. The third-order valence-corrected chi connectivity index (χ3v) is 3.82. The van der Waals surface area contributed by atoms with Crippen LogP contribution in [0.5, 0.6) is 11.5 Å². The van der Waals surface area contributed by atoms with Crippen LogP contribution in [0.4, 0.5) is 5.69 Å². The highest BCUT2D eigenvalue weighted by atomic mass is 35.5. The molecule has 0 atom stereocenters. The Kier molecular flexibility index (Phi) is 7.02. The van der Waals surface area contributed by atoms with Crippen LogP contribution in [0.25, 0.3) is 6.08 Å². The molecular formula is C20H17ClN2O5. The molecule has 2 aromatic carbocycles. The molecule has 0 heterocycles. The summed E-state index contributed by atoms with van der Waals surface area (Å²) in [6.45, 7) is 1.30. The molecule has 2 rings (SSSR count). The number of anilines is 1. The average Bonchev–Trinajstić information content (AvgIpc) is 2.64. The molecule has 0 aliphatic heterocycles. The molecule has 2 aromatic rings. The molecule has 28 heavy (non-hydrogen) atoms. The van der Waals surface area contributed by atoms with Gasteiger partial charge in [0.25, 0.3) is 5.91 Å². The van der Waals surface area contributed by atoms with Crippen molar-refractivity contribution in [2.75, 3.05) is 19.0 Å². The summed E-state index contributed by atoms with van der Waals surface area (Å²) in [7, 11) is 1.36. The molecule has 0 bridgehead atoms. The van der Waals surface area contributed by atoms with Gasteiger partial charge in [0.05, 0.1) is 12.1 Å². The highest BCUT2D eigenvalue weighted by molar-refractivity contribution is 6.32. The van der Waals surface area contributed by atoms with Crippen molar-refractivity contribution in [1.82, 2.24) is 0 Å². The van der Waals surface area contributed by atoms with Crippen LogP contribution >= 0.6 is 11.6 Å². The number of hydrogen-bond donors (Lipinski definition) is 2. The van der Waals surface area contributed by atoms with E-state index in [2.05, 4.69) is 5.32 Å². The van der Waals surface area contributed by atoms with E-state index in [1.165, 1.54) is 25.3 Å². The normalized spacial score (nSPS) is 10.7. The third-order valence-electron chi connectivity index (χ3n) is 3.54. The monoisotopic (exact) mass is 400 g/mol. The van der Waals surface area contributed by atoms with Gasteiger partial charge >= 0.3 is 5.97 Å². The van der Waals surface area contributed by atoms with Gasteiger partial charge in [-0.1, -0.05) is 23.7 Å². The Morgan fingerprint density at radius 2 is 2.07 bits per heavy atom. The van der Waals surface area contributed by atoms with Crippen LogP contribution in [0.1, 0.15) is 11.1 Å². The van der Waals surface area contributed by atoms with Gasteiger partial charge in [0, 0.05) is 5.69 Å². The zero-order chi connectivity index (χ0) is 20.7. The average molecular weight is 401 g/mol. The lowest BCUT2D eigenvalue weighted by Gasteiger charge is -2.12. The number of benzene rings is 2. The number of aliphatic carboxylic acids is 1. The Balaban J connectivity index is 2.30. The van der Waals surface area contributed by atoms with E-state index in [9.17, 15) is 14.9 Å². The first-order valence-corrected chi connectivity index (χ1v) is 8.43. The quantitative estimate of drug-likeness (QED) is 0.542. The summed E-state index contributed by atoms with van der Waals surface area (Å²) in [6.07, 6.45) is 1.35. The highest BCUT2D eigenvalue weighted by Gasteiger charge is 2.15. The van der Waals surface area contributed by atoms with E-state index in [0.717, 1.165) is 5.56 Å². The summed E-state index contributed by atoms with van der Waals surface area (Å²) in [5.41, 5.74) is 1.81. The minimum Gasteiger partial charge on any atom is -0.493 e. The van der Waals surface area contributed by atoms with E-state index in [4.69, 9.17) is 26.2 Å². The predicted molar refractivity (Wildman–Crippen MR) is 105 cm³/mol. The summed E-state index contributed by atoms with van der Waals surface area (Å²) in [5.74, 6) is -1.50. The summed E-state index contributed by atoms with van der Waals surface area (Å²) >= 11 is 6.14. The van der Waals surface area contributed by atoms with Crippen LogP contribution in [0, 0.1) is 18.3 Å². The number of aryl methyl sites for hydroxylation is 1. The van der Waals surface area contributed by atoms with E-state index >= 15 is 0 Å². The van der Waals surface area contributed by atoms with Crippen molar-refractivity contribution in [3.05, 3.63) is 58.1 Å². The Morgan fingerprint density at radius 3 is 2.68 bits per heavy atom. The van der Waals surface area contributed by atoms with Crippen molar-refractivity contribution in [3.8, 4) is 17.6 Å². The number of hydrogen-bond acceptors (Lipinski definition) is 5. The first kappa shape index (κ1) is 20.8. The summed E-state index contributed by atoms with van der Waals surface area (Å²) in [5, 5.41) is 20.8. The standard InChI is InChI=1S/C20H17ClN2O5/c1-12-4-3-5-15(6-12)23-20(26)14(10-22)7-13-8-16(21)19(17(9-13)27-2)28-11-18(24)25/h3-9H,11H2,1-2H3,(H,23,26)(H,24,25). The highest BCUT2D eigenvalue weighted by Crippen LogP contribution is 2.37. The van der Waals surface area contributed by atoms with Crippen molar-refractivity contribution in [2.45, 2.75) is 6.92 Å². The maximum atomic E-state index is 12.4. The number of amides is 1. The SMILES string of the molecule is COc1cc(C=C(C#N)C(=O)Nc2cccc(C)c2)cc(Cl)c1OCC(=O)O. The maximum Gasteiger partial charge on any atom is 0.341 e. The second-order valence-corrected chi connectivity index (χ2v) is 6.12. The van der Waals surface area contributed by atoms with Crippen molar-refractivity contribution < 1.29 is 24.2 Å². The number of carbonyl (C=O) groups is 2. The molecule has 0 fully saturated rings. The van der Waals surface area contributed by atoms with Crippen molar-refractivity contribution >= 4 is 35.2 Å². The van der Waals surface area contributed by atoms with Gasteiger partial charge < -0.3 is 19.9 Å². The Morgan fingerprint density at radius 1 is 1.32 bits per heavy atom. The number of methoxy groups -OCH3 is 1. The number of ether oxygens (including phenoxy) is 2. The van der Waals surface area contributed by atoms with Crippen LogP contribution in [0.2, 0.25) is 5.02 Å². The maximum absolute atomic E-state index is 12.4. The lowest BCUT2D eigenvalue weighted by atomic mass is 10.1. The van der Waals surface area contributed by atoms with E-state index in [-0.39, 0.29) is 22.1 Å². The third kappa shape index (κ3) is 5.50. The zero-order valence-corrected chi connectivity index (χ0v) is 15.9. The van der Waals surface area contributed by atoms with Gasteiger partial charge in [0.15, 0.2) is 18.1 Å². The molecule has 2 N–H and O–H groups in total. The molecule has 0 saturated heterocycles. The molecular weight excluding hydrogens is 384 g/mol. The van der Waals surface area contributed by atoms with Gasteiger partial charge in [0.1, 0.15) is 11.6 Å². The van der Waals surface area contributed by atoms with Crippen LogP contribution < -0.4 is 14.8 Å². The number of nitrogens with one attached hydrogen (secondary N) is 1. The zero-order valence-electron chi connectivity index (χ0n) is 15.2. The predicted octanol–water partition coefficient (Wildman–Crippen LogP) is 3.67. The van der Waals surface area contributed by atoms with Crippen LogP contribution in [-0.2, 0) is 9.59 Å². The molecule has 0 aromatic heterocycles. The van der Waals surface area contributed by atoms with E-state index in [1.54, 1.807) is 18.2 Å². The number of carboxylic acid groups (broad SMARTS) is 1. The van der Waals surface area contributed by atoms with Gasteiger partial charge in [-0.2, -0.15) is 5.26 Å². The van der Waals surface area contributed by atoms with Crippen LogP contribution in [-0.4, -0.2) is 30.7 Å². The molecule has 0 aliphatic rings. The van der Waals surface area contributed by atoms with Crippen LogP contribution in [0.15, 0.2) is 42.0 Å². The number of halogens is 1. The first-order chi connectivity index (χ1) is 13.3. The largest absolute Gasteiger partial charge is 0.493 e. The topological polar surface area (TPSA) is 109 Å². The second kappa shape index (κ2) is 9.44. The number of nitriles is 1. The van der Waals surface area contributed by atoms with Crippen molar-refractivity contribution in [1.29, 1.82) is 5.26 Å². The fraction of sp³-hybridized carbons (Fsp3) is 0.150. The molecule has 1 amide bonds. The molecule has 0 saturated carbocycles. The molecule has 7 nitrogen and oxygen atoms in total. The molecule has 8 heteroatoms. The number of nitrogens with zero attached hydrogens (tertiary/aromatic N) is 1. The smallest absolute Gasteiger partial charge is 0.341 e. The molecule has 144 valence electrons. The lowest BCUT2D eigenvalue weighted by molar-refractivity contribution is -0.139. The Hall–Kier alpha value is -3.50. The number of carbonyl (C=O) groups excluding carboxylic acids is 1. The molecule has 0 unspecified atom stereocenters. The second-order valence-electron chi connectivity index (χ2n) is 5.71. The minimum absolute atomic E-state index is 0.0615. The minimum atomic E-state index is -1.17. The van der Waals surface area contributed by atoms with Gasteiger partial charge in [0.2, 0.25) is 0 Å². The Labute approximate surface area is 166 Å². The van der Waals surface area contributed by atoms with Crippen molar-refractivity contribution in [2.24, 2.45) is 0 Å². The van der Waals surface area contributed by atoms with Crippen molar-refractivity contribution in [3.63, 3.8) is 0 Å². The van der Waals surface area contributed by atoms with Gasteiger partial charge in [-0.05, 0) is 48.4 Å². The van der Waals surface area contributed by atoms with E-state index in [0.29, 0.717) is 11.3 Å². The summed E-state index contributed by atoms with van der Waals surface area (Å²) in [6, 6.07) is 12.0. The van der Waals surface area contributed by atoms with E-state index < -0.39 is 18.5 Å². The Bertz CT molecular complexity index is 979. The summed E-state index contributed by atoms with van der Waals surface area (Å²) < 4.78 is 10.3.